The molecule has 0 aromatic heterocycles. The topological polar surface area (TPSA) is 82.6 Å². The van der Waals surface area contributed by atoms with E-state index in [0.717, 1.165) is 29.2 Å². The molecule has 140 valence electrons. The second kappa shape index (κ2) is 9.94. The highest BCUT2D eigenvalue weighted by Crippen LogP contribution is 2.08. The quantitative estimate of drug-likeness (QED) is 0.487. The minimum atomic E-state index is -3.25. The molecular weight excluding hydrogens is 348 g/mol. The number of benzene rings is 2. The van der Waals surface area contributed by atoms with E-state index in [-0.39, 0.29) is 5.75 Å². The van der Waals surface area contributed by atoms with Crippen LogP contribution in [0.25, 0.3) is 0 Å². The molecule has 0 saturated carbocycles. The molecule has 7 heteroatoms. The zero-order chi connectivity index (χ0) is 18.8. The zero-order valence-electron chi connectivity index (χ0n) is 15.2. The first-order valence-electron chi connectivity index (χ1n) is 8.57. The van der Waals surface area contributed by atoms with E-state index in [1.54, 1.807) is 0 Å². The van der Waals surface area contributed by atoms with Gasteiger partial charge in [-0.15, -0.1) is 0 Å². The Hall–Kier alpha value is -2.38. The summed E-state index contributed by atoms with van der Waals surface area (Å²) in [4.78, 5) is 4.58. The smallest absolute Gasteiger partial charge is 0.215 e. The Labute approximate surface area is 155 Å². The lowest BCUT2D eigenvalue weighted by Crippen LogP contribution is -2.36. The first kappa shape index (κ1) is 19.9. The molecule has 0 atom stereocenters. The molecule has 0 heterocycles. The van der Waals surface area contributed by atoms with Gasteiger partial charge < -0.3 is 10.6 Å². The molecule has 0 aliphatic carbocycles. The second-order valence-electron chi connectivity index (χ2n) is 5.81. The van der Waals surface area contributed by atoms with E-state index in [2.05, 4.69) is 20.3 Å². The van der Waals surface area contributed by atoms with Crippen LogP contribution in [0.5, 0.6) is 0 Å². The normalized spacial score (nSPS) is 12.0. The summed E-state index contributed by atoms with van der Waals surface area (Å²) in [7, 11) is -1.83. The summed E-state index contributed by atoms with van der Waals surface area (Å²) in [5.74, 6) is 0.733. The number of hydrogen-bond acceptors (Lipinski definition) is 3. The molecule has 0 saturated heterocycles. The summed E-state index contributed by atoms with van der Waals surface area (Å²) in [6, 6.07) is 17.6. The van der Waals surface area contributed by atoms with Gasteiger partial charge in [0, 0.05) is 13.1 Å². The van der Waals surface area contributed by atoms with Crippen molar-refractivity contribution in [3.8, 4) is 0 Å². The fraction of sp³-hybridized carbons (Fsp3) is 0.316. The van der Waals surface area contributed by atoms with Crippen molar-refractivity contribution >= 4 is 16.0 Å². The van der Waals surface area contributed by atoms with Gasteiger partial charge in [-0.3, -0.25) is 0 Å². The predicted octanol–water partition coefficient (Wildman–Crippen LogP) is 1.99. The van der Waals surface area contributed by atoms with Crippen molar-refractivity contribution < 1.29 is 8.42 Å². The summed E-state index contributed by atoms with van der Waals surface area (Å²) >= 11 is 0. The molecular formula is C19H26N4O2S. The van der Waals surface area contributed by atoms with Gasteiger partial charge in [-0.05, 0) is 30.7 Å². The number of guanidine groups is 1. The number of aliphatic imine (C=N–C) groups is 1. The number of nitrogens with zero attached hydrogens (tertiary/aromatic N) is 1. The Balaban J connectivity index is 1.93. The van der Waals surface area contributed by atoms with E-state index >= 15 is 0 Å². The molecule has 2 aromatic rings. The van der Waals surface area contributed by atoms with Crippen LogP contribution in [0.2, 0.25) is 0 Å². The standard InChI is InChI=1S/C19H26N4O2S/c1-3-21-19(22-13-16-7-5-4-6-8-16)23-14-17-9-11-18(12-10-17)15-26(24,25)20-2/h4-12,20H,3,13-15H2,1-2H3,(H2,21,22,23). The Bertz CT molecular complexity index is 803. The number of rotatable bonds is 8. The van der Waals surface area contributed by atoms with Crippen LogP contribution in [0.15, 0.2) is 59.6 Å². The van der Waals surface area contributed by atoms with Gasteiger partial charge in [-0.25, -0.2) is 18.1 Å². The van der Waals surface area contributed by atoms with E-state index in [9.17, 15) is 8.42 Å². The van der Waals surface area contributed by atoms with Crippen molar-refractivity contribution in [2.75, 3.05) is 13.6 Å². The second-order valence-corrected chi connectivity index (χ2v) is 7.74. The third-order valence-electron chi connectivity index (χ3n) is 3.76. The van der Waals surface area contributed by atoms with Crippen LogP contribution < -0.4 is 15.4 Å². The SMILES string of the molecule is CCNC(=NCc1ccccc1)NCc1ccc(CS(=O)(=O)NC)cc1. The molecule has 2 rings (SSSR count). The van der Waals surface area contributed by atoms with Gasteiger partial charge in [-0.2, -0.15) is 0 Å². The monoisotopic (exact) mass is 374 g/mol. The molecule has 0 fully saturated rings. The van der Waals surface area contributed by atoms with Crippen LogP contribution in [0.1, 0.15) is 23.6 Å². The van der Waals surface area contributed by atoms with Gasteiger partial charge in [-0.1, -0.05) is 54.6 Å². The number of sulfonamides is 1. The largest absolute Gasteiger partial charge is 0.357 e. The van der Waals surface area contributed by atoms with Crippen LogP contribution >= 0.6 is 0 Å². The number of hydrogen-bond donors (Lipinski definition) is 3. The molecule has 0 amide bonds. The van der Waals surface area contributed by atoms with Crippen LogP contribution in [-0.2, 0) is 28.9 Å². The Morgan fingerprint density at radius 1 is 0.923 bits per heavy atom. The molecule has 0 radical (unpaired) electrons. The van der Waals surface area contributed by atoms with Crippen molar-refractivity contribution in [2.24, 2.45) is 4.99 Å². The first-order chi connectivity index (χ1) is 12.5. The van der Waals surface area contributed by atoms with Gasteiger partial charge in [0.25, 0.3) is 0 Å². The van der Waals surface area contributed by atoms with Crippen LogP contribution in [0.4, 0.5) is 0 Å². The zero-order valence-corrected chi connectivity index (χ0v) is 16.0. The Morgan fingerprint density at radius 3 is 2.19 bits per heavy atom. The summed E-state index contributed by atoms with van der Waals surface area (Å²) in [5, 5.41) is 6.52. The predicted molar refractivity (Wildman–Crippen MR) is 106 cm³/mol. The highest BCUT2D eigenvalue weighted by atomic mass is 32.2. The van der Waals surface area contributed by atoms with Crippen molar-refractivity contribution in [1.29, 1.82) is 0 Å². The Morgan fingerprint density at radius 2 is 1.58 bits per heavy atom. The van der Waals surface area contributed by atoms with Crippen LogP contribution in [0.3, 0.4) is 0 Å². The van der Waals surface area contributed by atoms with E-state index in [1.807, 2.05) is 61.5 Å². The minimum absolute atomic E-state index is 0.0155. The van der Waals surface area contributed by atoms with Crippen molar-refractivity contribution in [3.63, 3.8) is 0 Å². The lowest BCUT2D eigenvalue weighted by atomic mass is 10.1. The summed E-state index contributed by atoms with van der Waals surface area (Å²) in [6.45, 7) is 4.02. The molecule has 0 aliphatic heterocycles. The van der Waals surface area contributed by atoms with Crippen LogP contribution in [0, 0.1) is 0 Å². The van der Waals surface area contributed by atoms with E-state index in [1.165, 1.54) is 7.05 Å². The fourth-order valence-corrected chi connectivity index (χ4v) is 3.10. The maximum atomic E-state index is 11.6. The van der Waals surface area contributed by atoms with Crippen molar-refractivity contribution in [2.45, 2.75) is 25.8 Å². The average Bonchev–Trinajstić information content (AvgIpc) is 2.66. The van der Waals surface area contributed by atoms with E-state index in [4.69, 9.17) is 0 Å². The minimum Gasteiger partial charge on any atom is -0.357 e. The molecule has 6 nitrogen and oxygen atoms in total. The maximum Gasteiger partial charge on any atom is 0.215 e. The van der Waals surface area contributed by atoms with E-state index in [0.29, 0.717) is 13.1 Å². The molecule has 2 aromatic carbocycles. The number of nitrogens with one attached hydrogen (secondary N) is 3. The van der Waals surface area contributed by atoms with Gasteiger partial charge in [0.2, 0.25) is 10.0 Å². The van der Waals surface area contributed by atoms with Crippen molar-refractivity contribution in [3.05, 3.63) is 71.3 Å². The van der Waals surface area contributed by atoms with Gasteiger partial charge in [0.05, 0.1) is 12.3 Å². The van der Waals surface area contributed by atoms with Gasteiger partial charge in [0.15, 0.2) is 5.96 Å². The maximum absolute atomic E-state index is 11.6. The summed E-state index contributed by atoms with van der Waals surface area (Å²) < 4.78 is 25.5. The van der Waals surface area contributed by atoms with Gasteiger partial charge in [0.1, 0.15) is 0 Å². The Kier molecular flexibility index (Phi) is 7.62. The summed E-state index contributed by atoms with van der Waals surface area (Å²) in [6.07, 6.45) is 0. The highest BCUT2D eigenvalue weighted by Gasteiger charge is 2.08. The van der Waals surface area contributed by atoms with Gasteiger partial charge >= 0.3 is 0 Å². The summed E-state index contributed by atoms with van der Waals surface area (Å²) in [5.41, 5.74) is 2.97. The molecule has 3 N–H and O–H groups in total. The third-order valence-corrected chi connectivity index (χ3v) is 5.09. The lowest BCUT2D eigenvalue weighted by Gasteiger charge is -2.12. The molecule has 0 unspecified atom stereocenters. The average molecular weight is 375 g/mol. The molecule has 26 heavy (non-hydrogen) atoms. The lowest BCUT2D eigenvalue weighted by molar-refractivity contribution is 0.587. The van der Waals surface area contributed by atoms with E-state index < -0.39 is 10.0 Å². The molecule has 0 aliphatic rings. The third kappa shape index (κ3) is 6.85. The molecule has 0 spiro atoms. The van der Waals surface area contributed by atoms with Crippen molar-refractivity contribution in [1.82, 2.24) is 15.4 Å². The fourth-order valence-electron chi connectivity index (χ4n) is 2.33. The molecule has 0 bridgehead atoms. The van der Waals surface area contributed by atoms with Crippen LogP contribution in [-0.4, -0.2) is 28.0 Å². The first-order valence-corrected chi connectivity index (χ1v) is 10.2. The highest BCUT2D eigenvalue weighted by molar-refractivity contribution is 7.88.